The molecule has 0 spiro atoms. The number of rotatable bonds is 6. The summed E-state index contributed by atoms with van der Waals surface area (Å²) < 4.78 is 9.01. The van der Waals surface area contributed by atoms with Gasteiger partial charge in [0.25, 0.3) is 0 Å². The Morgan fingerprint density at radius 2 is 0.923 bits per heavy atom. The normalized spacial score (nSPS) is 12.9. The average molecular weight is 850 g/mol. The Labute approximate surface area is 380 Å². The molecule has 65 heavy (non-hydrogen) atoms. The summed E-state index contributed by atoms with van der Waals surface area (Å²) in [5, 5.41) is 4.49. The van der Waals surface area contributed by atoms with Gasteiger partial charge < -0.3 is 4.42 Å². The summed E-state index contributed by atoms with van der Waals surface area (Å²) in [4.78, 5) is 15.7. The molecule has 3 heterocycles. The predicted octanol–water partition coefficient (Wildman–Crippen LogP) is 16.4. The van der Waals surface area contributed by atoms with Crippen molar-refractivity contribution >= 4 is 53.4 Å². The Morgan fingerprint density at radius 3 is 1.74 bits per heavy atom. The van der Waals surface area contributed by atoms with Crippen molar-refractivity contribution in [1.82, 2.24) is 15.0 Å². The van der Waals surface area contributed by atoms with E-state index in [-0.39, 0.29) is 5.41 Å². The predicted molar refractivity (Wildman–Crippen MR) is 270 cm³/mol. The molecule has 1 aliphatic rings. The fraction of sp³-hybridized carbons (Fsp3) is 0.0500. The van der Waals surface area contributed by atoms with E-state index in [1.54, 1.807) is 11.3 Å². The number of hydrogen-bond acceptors (Lipinski definition) is 5. The first-order valence-electron chi connectivity index (χ1n) is 22.1. The van der Waals surface area contributed by atoms with Crippen LogP contribution in [0, 0.1) is 0 Å². The molecular formula is C60H39N3OS. The molecule has 0 aliphatic heterocycles. The number of fused-ring (bicyclic) bond motifs is 9. The van der Waals surface area contributed by atoms with Crippen molar-refractivity contribution in [3.8, 4) is 78.7 Å². The van der Waals surface area contributed by atoms with Gasteiger partial charge in [0.05, 0.1) is 0 Å². The summed E-state index contributed by atoms with van der Waals surface area (Å²) in [7, 11) is 0. The second-order valence-corrected chi connectivity index (χ2v) is 18.6. The van der Waals surface area contributed by atoms with E-state index in [1.165, 1.54) is 53.6 Å². The van der Waals surface area contributed by atoms with Gasteiger partial charge in [-0.15, -0.1) is 11.3 Å². The van der Waals surface area contributed by atoms with E-state index < -0.39 is 0 Å². The van der Waals surface area contributed by atoms with E-state index in [0.29, 0.717) is 17.5 Å². The molecule has 12 aromatic rings. The second-order valence-electron chi connectivity index (χ2n) is 17.6. The monoisotopic (exact) mass is 849 g/mol. The maximum Gasteiger partial charge on any atom is 0.164 e. The highest BCUT2D eigenvalue weighted by Crippen LogP contribution is 2.50. The third-order valence-corrected chi connectivity index (χ3v) is 14.5. The summed E-state index contributed by atoms with van der Waals surface area (Å²) >= 11 is 1.79. The molecule has 0 fully saturated rings. The zero-order chi connectivity index (χ0) is 43.2. The van der Waals surface area contributed by atoms with E-state index in [9.17, 15) is 0 Å². The van der Waals surface area contributed by atoms with Crippen LogP contribution >= 0.6 is 11.3 Å². The molecule has 0 N–H and O–H groups in total. The Balaban J connectivity index is 0.909. The fourth-order valence-corrected chi connectivity index (χ4v) is 11.1. The Kier molecular flexibility index (Phi) is 8.39. The number of thiophene rings is 1. The van der Waals surface area contributed by atoms with Gasteiger partial charge in [-0.05, 0) is 92.0 Å². The Hall–Kier alpha value is -7.99. The molecule has 0 amide bonds. The van der Waals surface area contributed by atoms with Crippen molar-refractivity contribution in [1.29, 1.82) is 0 Å². The van der Waals surface area contributed by atoms with Crippen LogP contribution in [0.25, 0.3) is 121 Å². The van der Waals surface area contributed by atoms with Gasteiger partial charge in [-0.25, -0.2) is 15.0 Å². The zero-order valence-electron chi connectivity index (χ0n) is 35.7. The summed E-state index contributed by atoms with van der Waals surface area (Å²) in [5.74, 6) is 1.83. The van der Waals surface area contributed by atoms with Crippen molar-refractivity contribution in [3.05, 3.63) is 211 Å². The average Bonchev–Trinajstić information content (AvgIpc) is 4.01. The largest absolute Gasteiger partial charge is 0.456 e. The van der Waals surface area contributed by atoms with Crippen molar-refractivity contribution in [3.63, 3.8) is 0 Å². The minimum absolute atomic E-state index is 0.0456. The van der Waals surface area contributed by atoms with Gasteiger partial charge in [0.1, 0.15) is 11.2 Å². The number of hydrogen-bond donors (Lipinski definition) is 0. The second kappa shape index (κ2) is 14.5. The quantitative estimate of drug-likeness (QED) is 0.167. The molecular weight excluding hydrogens is 811 g/mol. The van der Waals surface area contributed by atoms with Crippen LogP contribution in [0.4, 0.5) is 0 Å². The lowest BCUT2D eigenvalue weighted by atomic mass is 9.81. The highest BCUT2D eigenvalue weighted by atomic mass is 32.1. The summed E-state index contributed by atoms with van der Waals surface area (Å²) in [5.41, 5.74) is 16.7. The lowest BCUT2D eigenvalue weighted by Gasteiger charge is -2.22. The van der Waals surface area contributed by atoms with Crippen LogP contribution in [0.15, 0.2) is 205 Å². The number of aromatic nitrogens is 3. The maximum atomic E-state index is 6.55. The van der Waals surface area contributed by atoms with Crippen LogP contribution in [0.3, 0.4) is 0 Å². The van der Waals surface area contributed by atoms with Crippen LogP contribution in [-0.4, -0.2) is 15.0 Å². The van der Waals surface area contributed by atoms with Gasteiger partial charge in [0.15, 0.2) is 17.5 Å². The molecule has 13 rings (SSSR count). The first kappa shape index (κ1) is 37.6. The highest BCUT2D eigenvalue weighted by Gasteiger charge is 2.35. The molecule has 0 saturated carbocycles. The zero-order valence-corrected chi connectivity index (χ0v) is 36.5. The third-order valence-electron chi connectivity index (χ3n) is 13.4. The summed E-state index contributed by atoms with van der Waals surface area (Å²) in [6.45, 7) is 4.67. The summed E-state index contributed by atoms with van der Waals surface area (Å²) in [6, 6.07) is 71.4. The molecule has 0 saturated heterocycles. The Bertz CT molecular complexity index is 3840. The molecule has 0 radical (unpaired) electrons. The SMILES string of the molecule is CC1(C)c2ccccc2-c2ccc(-c3ccc(-c4ccc5oc6cccc(-c7nc(-c8ccc(-c9ccccc9)cc8)nc(-c8ccc9c(c8)sc8ccccc89)n7)c6c5c4)cc3)cc21. The highest BCUT2D eigenvalue weighted by molar-refractivity contribution is 7.25. The number of benzene rings is 9. The number of furan rings is 1. The molecule has 0 atom stereocenters. The lowest BCUT2D eigenvalue weighted by molar-refractivity contribution is 0.660. The fourth-order valence-electron chi connectivity index (χ4n) is 9.99. The van der Waals surface area contributed by atoms with Crippen LogP contribution in [0.2, 0.25) is 0 Å². The van der Waals surface area contributed by atoms with Crippen molar-refractivity contribution < 1.29 is 4.42 Å². The van der Waals surface area contributed by atoms with Gasteiger partial charge >= 0.3 is 0 Å². The van der Waals surface area contributed by atoms with E-state index in [1.807, 2.05) is 18.2 Å². The van der Waals surface area contributed by atoms with Crippen molar-refractivity contribution in [2.24, 2.45) is 0 Å². The van der Waals surface area contributed by atoms with E-state index in [0.717, 1.165) is 60.9 Å². The van der Waals surface area contributed by atoms with Gasteiger partial charge in [0.2, 0.25) is 0 Å². The minimum Gasteiger partial charge on any atom is -0.456 e. The lowest BCUT2D eigenvalue weighted by Crippen LogP contribution is -2.14. The Morgan fingerprint density at radius 1 is 0.354 bits per heavy atom. The first-order valence-corrected chi connectivity index (χ1v) is 22.9. The molecule has 0 bridgehead atoms. The minimum atomic E-state index is -0.0456. The molecule has 0 unspecified atom stereocenters. The van der Waals surface area contributed by atoms with Crippen molar-refractivity contribution in [2.45, 2.75) is 19.3 Å². The molecule has 5 heteroatoms. The van der Waals surface area contributed by atoms with E-state index in [4.69, 9.17) is 19.4 Å². The van der Waals surface area contributed by atoms with Gasteiger partial charge in [0, 0.05) is 53.1 Å². The van der Waals surface area contributed by atoms with Crippen molar-refractivity contribution in [2.75, 3.05) is 0 Å². The molecule has 1 aliphatic carbocycles. The standard InChI is InChI=1S/C60H39N3OS/c1-60(2)50-16-8-6-13-44(50)45-30-27-42(34-51(45)60)39-21-19-38(20-22-39)41-29-32-52-49(33-41)56-48(15-10-17-53(56)64-52)59-62-57(40-25-23-37(24-26-40)36-11-4-3-5-12-36)61-58(63-59)43-28-31-47-46-14-7-9-18-54(46)65-55(47)35-43/h3-35H,1-2H3. The smallest absolute Gasteiger partial charge is 0.164 e. The molecule has 306 valence electrons. The van der Waals surface area contributed by atoms with Crippen LogP contribution in [0.1, 0.15) is 25.0 Å². The third kappa shape index (κ3) is 6.15. The van der Waals surface area contributed by atoms with Gasteiger partial charge in [-0.1, -0.05) is 178 Å². The van der Waals surface area contributed by atoms with Crippen LogP contribution < -0.4 is 0 Å². The molecule has 9 aromatic carbocycles. The molecule has 4 nitrogen and oxygen atoms in total. The van der Waals surface area contributed by atoms with Crippen LogP contribution in [-0.2, 0) is 5.41 Å². The van der Waals surface area contributed by atoms with Gasteiger partial charge in [-0.2, -0.15) is 0 Å². The van der Waals surface area contributed by atoms with E-state index in [2.05, 4.69) is 196 Å². The topological polar surface area (TPSA) is 51.8 Å². The van der Waals surface area contributed by atoms with Crippen LogP contribution in [0.5, 0.6) is 0 Å². The first-order chi connectivity index (χ1) is 31.9. The van der Waals surface area contributed by atoms with E-state index >= 15 is 0 Å². The maximum absolute atomic E-state index is 6.55. The number of nitrogens with zero attached hydrogens (tertiary/aromatic N) is 3. The molecule has 3 aromatic heterocycles. The summed E-state index contributed by atoms with van der Waals surface area (Å²) in [6.07, 6.45) is 0. The van der Waals surface area contributed by atoms with Gasteiger partial charge in [-0.3, -0.25) is 0 Å².